The fourth-order valence-corrected chi connectivity index (χ4v) is 1.69. The molecule has 2 rings (SSSR count). The molecule has 2 N–H and O–H groups in total. The molecule has 1 aliphatic rings. The van der Waals surface area contributed by atoms with Crippen LogP contribution in [-0.4, -0.2) is 37.5 Å². The lowest BCUT2D eigenvalue weighted by molar-refractivity contribution is -0.151. The number of carboxylic acids is 1. The average Bonchev–Trinajstić information content (AvgIpc) is 2.63. The van der Waals surface area contributed by atoms with E-state index in [0.717, 1.165) is 6.42 Å². The summed E-state index contributed by atoms with van der Waals surface area (Å²) in [6.07, 6.45) is 4.82. The van der Waals surface area contributed by atoms with Gasteiger partial charge in [0.1, 0.15) is 12.1 Å². The zero-order valence-electron chi connectivity index (χ0n) is 8.59. The van der Waals surface area contributed by atoms with Crippen molar-refractivity contribution in [3.05, 3.63) is 12.4 Å². The van der Waals surface area contributed by atoms with Crippen LogP contribution in [0, 0.1) is 0 Å². The van der Waals surface area contributed by atoms with Crippen molar-refractivity contribution in [3.8, 4) is 0 Å². The highest BCUT2D eigenvalue weighted by Gasteiger charge is 2.45. The van der Waals surface area contributed by atoms with Gasteiger partial charge in [0.05, 0.1) is 6.20 Å². The molecule has 1 amide bonds. The Bertz CT molecular complexity index is 397. The third kappa shape index (κ3) is 1.88. The Hall–Kier alpha value is -1.92. The number of hydrogen-bond donors (Lipinski definition) is 2. The highest BCUT2D eigenvalue weighted by molar-refractivity contribution is 5.87. The smallest absolute Gasteiger partial charge is 0.329 e. The van der Waals surface area contributed by atoms with E-state index < -0.39 is 11.5 Å². The molecule has 0 spiro atoms. The predicted octanol–water partition coefficient (Wildman–Crippen LogP) is -0.598. The van der Waals surface area contributed by atoms with Crippen LogP contribution >= 0.6 is 0 Å². The van der Waals surface area contributed by atoms with Gasteiger partial charge in [-0.05, 0) is 19.3 Å². The summed E-state index contributed by atoms with van der Waals surface area (Å²) in [6, 6.07) is 0. The molecule has 1 fully saturated rings. The maximum absolute atomic E-state index is 11.6. The second-order valence-electron chi connectivity index (χ2n) is 3.89. The minimum atomic E-state index is -1.06. The van der Waals surface area contributed by atoms with Gasteiger partial charge in [0.15, 0.2) is 0 Å². The van der Waals surface area contributed by atoms with Gasteiger partial charge in [0.25, 0.3) is 0 Å². The second kappa shape index (κ2) is 3.92. The van der Waals surface area contributed by atoms with Gasteiger partial charge in [0, 0.05) is 6.20 Å². The molecule has 1 aliphatic carbocycles. The summed E-state index contributed by atoms with van der Waals surface area (Å²) in [6.45, 7) is -0.00493. The molecule has 0 aromatic carbocycles. The van der Waals surface area contributed by atoms with E-state index in [1.807, 2.05) is 0 Å². The van der Waals surface area contributed by atoms with E-state index in [2.05, 4.69) is 15.6 Å². The normalized spacial score (nSPS) is 17.5. The van der Waals surface area contributed by atoms with Crippen LogP contribution in [0.1, 0.15) is 19.3 Å². The number of carbonyl (C=O) groups excluding carboxylic acids is 1. The van der Waals surface area contributed by atoms with Gasteiger partial charge in [-0.2, -0.15) is 0 Å². The number of hydrogen-bond acceptors (Lipinski definition) is 4. The maximum Gasteiger partial charge on any atom is 0.329 e. The van der Waals surface area contributed by atoms with Crippen LogP contribution in [0.3, 0.4) is 0 Å². The third-order valence-electron chi connectivity index (χ3n) is 2.77. The molecule has 7 nitrogen and oxygen atoms in total. The fourth-order valence-electron chi connectivity index (χ4n) is 1.69. The summed E-state index contributed by atoms with van der Waals surface area (Å²) in [4.78, 5) is 22.6. The number of amides is 1. The van der Waals surface area contributed by atoms with E-state index in [4.69, 9.17) is 5.11 Å². The third-order valence-corrected chi connectivity index (χ3v) is 2.77. The van der Waals surface area contributed by atoms with Crippen molar-refractivity contribution < 1.29 is 14.7 Å². The molecular weight excluding hydrogens is 212 g/mol. The molecule has 1 heterocycles. The molecule has 0 unspecified atom stereocenters. The zero-order valence-corrected chi connectivity index (χ0v) is 8.59. The van der Waals surface area contributed by atoms with Crippen molar-refractivity contribution in [2.75, 3.05) is 0 Å². The van der Waals surface area contributed by atoms with Gasteiger partial charge >= 0.3 is 5.97 Å². The van der Waals surface area contributed by atoms with Crippen LogP contribution in [0.5, 0.6) is 0 Å². The Morgan fingerprint density at radius 3 is 2.69 bits per heavy atom. The summed E-state index contributed by atoms with van der Waals surface area (Å²) in [5.74, 6) is -1.32. The first-order chi connectivity index (χ1) is 7.62. The Morgan fingerprint density at radius 1 is 1.50 bits per heavy atom. The molecule has 0 radical (unpaired) electrons. The quantitative estimate of drug-likeness (QED) is 0.711. The number of carbonyl (C=O) groups is 2. The van der Waals surface area contributed by atoms with Crippen LogP contribution in [0.25, 0.3) is 0 Å². The van der Waals surface area contributed by atoms with E-state index in [9.17, 15) is 9.59 Å². The van der Waals surface area contributed by atoms with Gasteiger partial charge in [0.2, 0.25) is 5.91 Å². The van der Waals surface area contributed by atoms with Crippen molar-refractivity contribution in [1.82, 2.24) is 20.3 Å². The van der Waals surface area contributed by atoms with Crippen LogP contribution in [0.2, 0.25) is 0 Å². The Labute approximate surface area is 91.4 Å². The van der Waals surface area contributed by atoms with Gasteiger partial charge < -0.3 is 10.4 Å². The van der Waals surface area contributed by atoms with Gasteiger partial charge in [-0.15, -0.1) is 5.10 Å². The molecule has 0 aliphatic heterocycles. The first-order valence-corrected chi connectivity index (χ1v) is 5.01. The molecule has 1 aromatic rings. The van der Waals surface area contributed by atoms with Crippen LogP contribution < -0.4 is 5.32 Å². The molecule has 0 saturated heterocycles. The minimum absolute atomic E-state index is 0.00493. The van der Waals surface area contributed by atoms with Crippen molar-refractivity contribution in [2.24, 2.45) is 0 Å². The average molecular weight is 224 g/mol. The van der Waals surface area contributed by atoms with Crippen molar-refractivity contribution >= 4 is 11.9 Å². The molecule has 1 aromatic heterocycles. The van der Waals surface area contributed by atoms with E-state index >= 15 is 0 Å². The second-order valence-corrected chi connectivity index (χ2v) is 3.89. The molecular formula is C9H12N4O3. The Kier molecular flexibility index (Phi) is 2.59. The maximum atomic E-state index is 11.6. The first-order valence-electron chi connectivity index (χ1n) is 5.01. The highest BCUT2D eigenvalue weighted by Crippen LogP contribution is 2.31. The summed E-state index contributed by atoms with van der Waals surface area (Å²) in [5.41, 5.74) is -1.06. The van der Waals surface area contributed by atoms with Crippen LogP contribution in [0.4, 0.5) is 0 Å². The molecule has 16 heavy (non-hydrogen) atoms. The Balaban J connectivity index is 1.94. The topological polar surface area (TPSA) is 97.1 Å². The number of carboxylic acid groups (broad SMARTS) is 1. The molecule has 1 saturated carbocycles. The van der Waals surface area contributed by atoms with Gasteiger partial charge in [-0.25, -0.2) is 9.48 Å². The van der Waals surface area contributed by atoms with E-state index in [-0.39, 0.29) is 12.5 Å². The minimum Gasteiger partial charge on any atom is -0.480 e. The van der Waals surface area contributed by atoms with E-state index in [0.29, 0.717) is 12.8 Å². The summed E-state index contributed by atoms with van der Waals surface area (Å²) in [5, 5.41) is 18.7. The van der Waals surface area contributed by atoms with E-state index in [1.54, 1.807) is 6.20 Å². The van der Waals surface area contributed by atoms with Crippen LogP contribution in [-0.2, 0) is 16.1 Å². The van der Waals surface area contributed by atoms with Crippen LogP contribution in [0.15, 0.2) is 12.4 Å². The van der Waals surface area contributed by atoms with Crippen molar-refractivity contribution in [2.45, 2.75) is 31.3 Å². The lowest BCUT2D eigenvalue weighted by Crippen LogP contribution is -2.59. The zero-order chi connectivity index (χ0) is 11.6. The summed E-state index contributed by atoms with van der Waals surface area (Å²) in [7, 11) is 0. The number of nitrogens with one attached hydrogen (secondary N) is 1. The highest BCUT2D eigenvalue weighted by atomic mass is 16.4. The summed E-state index contributed by atoms with van der Waals surface area (Å²) >= 11 is 0. The lowest BCUT2D eigenvalue weighted by Gasteiger charge is -2.38. The van der Waals surface area contributed by atoms with Gasteiger partial charge in [-0.1, -0.05) is 5.21 Å². The van der Waals surface area contributed by atoms with Gasteiger partial charge in [-0.3, -0.25) is 4.79 Å². The van der Waals surface area contributed by atoms with E-state index in [1.165, 1.54) is 10.9 Å². The first kappa shape index (κ1) is 10.6. The number of nitrogens with zero attached hydrogens (tertiary/aromatic N) is 3. The monoisotopic (exact) mass is 224 g/mol. The van der Waals surface area contributed by atoms with Crippen molar-refractivity contribution in [3.63, 3.8) is 0 Å². The number of rotatable bonds is 4. The standard InChI is InChI=1S/C9H12N4O3/c14-7(6-13-5-4-10-12-13)11-9(8(15)16)2-1-3-9/h4-5H,1-3,6H2,(H,11,14)(H,15,16). The van der Waals surface area contributed by atoms with Crippen molar-refractivity contribution in [1.29, 1.82) is 0 Å². The fraction of sp³-hybridized carbons (Fsp3) is 0.556. The Morgan fingerprint density at radius 2 is 2.25 bits per heavy atom. The number of aromatic nitrogens is 3. The number of aliphatic carboxylic acids is 1. The largest absolute Gasteiger partial charge is 0.480 e. The molecule has 0 bridgehead atoms. The summed E-state index contributed by atoms with van der Waals surface area (Å²) < 4.78 is 1.35. The lowest BCUT2D eigenvalue weighted by atomic mass is 9.77. The molecule has 0 atom stereocenters. The molecule has 86 valence electrons. The SMILES string of the molecule is O=C(Cn1ccnn1)NC1(C(=O)O)CCC1. The predicted molar refractivity (Wildman–Crippen MR) is 52.4 cm³/mol. The molecule has 7 heteroatoms.